The second-order valence-electron chi connectivity index (χ2n) is 5.23. The average Bonchev–Trinajstić information content (AvgIpc) is 2.47. The number of rotatable bonds is 2. The summed E-state index contributed by atoms with van der Waals surface area (Å²) in [5, 5.41) is 8.98. The molecule has 1 aliphatic rings. The molecule has 0 amide bonds. The lowest BCUT2D eigenvalue weighted by Crippen LogP contribution is -2.28. The molecule has 3 rings (SSSR count). The van der Waals surface area contributed by atoms with Crippen LogP contribution in [0.3, 0.4) is 0 Å². The number of nitriles is 1. The molecule has 0 aromatic heterocycles. The van der Waals surface area contributed by atoms with Gasteiger partial charge in [-0.3, -0.25) is 0 Å². The van der Waals surface area contributed by atoms with Crippen LogP contribution in [0.15, 0.2) is 42.5 Å². The smallest absolute Gasteiger partial charge is 0.0991 e. The van der Waals surface area contributed by atoms with Crippen molar-refractivity contribution in [3.8, 4) is 6.07 Å². The molecule has 3 nitrogen and oxygen atoms in total. The van der Waals surface area contributed by atoms with Crippen molar-refractivity contribution in [2.45, 2.75) is 19.4 Å². The van der Waals surface area contributed by atoms with E-state index in [1.165, 1.54) is 16.8 Å². The highest BCUT2D eigenvalue weighted by atomic mass is 15.1. The van der Waals surface area contributed by atoms with Crippen molar-refractivity contribution >= 4 is 11.4 Å². The fourth-order valence-corrected chi connectivity index (χ4v) is 2.82. The maximum absolute atomic E-state index is 8.98. The predicted molar refractivity (Wildman–Crippen MR) is 81.4 cm³/mol. The molecule has 0 atom stereocenters. The summed E-state index contributed by atoms with van der Waals surface area (Å²) in [7, 11) is 0. The van der Waals surface area contributed by atoms with Crippen LogP contribution >= 0.6 is 0 Å². The topological polar surface area (TPSA) is 53.0 Å². The predicted octanol–water partition coefficient (Wildman–Crippen LogP) is 3.09. The molecule has 0 saturated heterocycles. The van der Waals surface area contributed by atoms with Gasteiger partial charge in [-0.05, 0) is 54.3 Å². The third-order valence-corrected chi connectivity index (χ3v) is 3.75. The summed E-state index contributed by atoms with van der Waals surface area (Å²) in [6.45, 7) is 1.89. The molecule has 3 heteroatoms. The van der Waals surface area contributed by atoms with E-state index >= 15 is 0 Å². The van der Waals surface area contributed by atoms with Crippen molar-refractivity contribution in [2.24, 2.45) is 0 Å². The Morgan fingerprint density at radius 3 is 2.95 bits per heavy atom. The Kier molecular flexibility index (Phi) is 3.30. The van der Waals surface area contributed by atoms with Gasteiger partial charge in [0.2, 0.25) is 0 Å². The number of nitrogen functional groups attached to an aromatic ring is 1. The second-order valence-corrected chi connectivity index (χ2v) is 5.23. The van der Waals surface area contributed by atoms with Crippen LogP contribution in [0.4, 0.5) is 11.4 Å². The molecule has 0 fully saturated rings. The number of anilines is 2. The Hall–Kier alpha value is -2.47. The van der Waals surface area contributed by atoms with Crippen LogP contribution in [0.2, 0.25) is 0 Å². The van der Waals surface area contributed by atoms with Gasteiger partial charge in [-0.25, -0.2) is 0 Å². The minimum Gasteiger partial charge on any atom is -0.399 e. The summed E-state index contributed by atoms with van der Waals surface area (Å²) in [5.41, 5.74) is 11.2. The largest absolute Gasteiger partial charge is 0.399 e. The molecule has 2 N–H and O–H groups in total. The first kappa shape index (κ1) is 12.6. The second kappa shape index (κ2) is 5.26. The van der Waals surface area contributed by atoms with Gasteiger partial charge in [0, 0.05) is 24.5 Å². The van der Waals surface area contributed by atoms with E-state index in [1.54, 1.807) is 0 Å². The van der Waals surface area contributed by atoms with Crippen LogP contribution in [-0.2, 0) is 13.0 Å². The molecular formula is C17H17N3. The summed E-state index contributed by atoms with van der Waals surface area (Å²) in [5.74, 6) is 0. The van der Waals surface area contributed by atoms with Gasteiger partial charge in [-0.2, -0.15) is 5.26 Å². The molecule has 1 aliphatic heterocycles. The first-order valence-corrected chi connectivity index (χ1v) is 6.88. The summed E-state index contributed by atoms with van der Waals surface area (Å²) in [6.07, 6.45) is 2.24. The highest BCUT2D eigenvalue weighted by Gasteiger charge is 2.17. The first-order valence-electron chi connectivity index (χ1n) is 6.88. The summed E-state index contributed by atoms with van der Waals surface area (Å²) in [6, 6.07) is 16.2. The molecule has 0 bridgehead atoms. The van der Waals surface area contributed by atoms with Crippen LogP contribution in [0.1, 0.15) is 23.1 Å². The highest BCUT2D eigenvalue weighted by Crippen LogP contribution is 2.30. The Morgan fingerprint density at radius 1 is 1.20 bits per heavy atom. The zero-order valence-corrected chi connectivity index (χ0v) is 11.3. The van der Waals surface area contributed by atoms with Gasteiger partial charge >= 0.3 is 0 Å². The van der Waals surface area contributed by atoms with Gasteiger partial charge in [0.15, 0.2) is 0 Å². The molecule has 0 unspecified atom stereocenters. The average molecular weight is 263 g/mol. The Morgan fingerprint density at radius 2 is 2.10 bits per heavy atom. The SMILES string of the molecule is N#Cc1cccc(CN2CCCc3cc(N)ccc32)c1. The van der Waals surface area contributed by atoms with Crippen LogP contribution in [0.25, 0.3) is 0 Å². The molecule has 0 aliphatic carbocycles. The third kappa shape index (κ3) is 2.46. The van der Waals surface area contributed by atoms with E-state index in [0.29, 0.717) is 0 Å². The Bertz CT molecular complexity index is 670. The van der Waals surface area contributed by atoms with Gasteiger partial charge < -0.3 is 10.6 Å². The van der Waals surface area contributed by atoms with Gasteiger partial charge in [-0.1, -0.05) is 12.1 Å². The number of nitrogens with zero attached hydrogens (tertiary/aromatic N) is 2. The Labute approximate surface area is 119 Å². The van der Waals surface area contributed by atoms with Crippen molar-refractivity contribution in [3.05, 3.63) is 59.2 Å². The number of hydrogen-bond donors (Lipinski definition) is 1. The van der Waals surface area contributed by atoms with Crippen LogP contribution in [0.5, 0.6) is 0 Å². The number of aryl methyl sites for hydroxylation is 1. The van der Waals surface area contributed by atoms with Gasteiger partial charge in [0.05, 0.1) is 11.6 Å². The highest BCUT2D eigenvalue weighted by molar-refractivity contribution is 5.61. The van der Waals surface area contributed by atoms with Crippen molar-refractivity contribution in [1.29, 1.82) is 5.26 Å². The fraction of sp³-hybridized carbons (Fsp3) is 0.235. The molecular weight excluding hydrogens is 246 g/mol. The van der Waals surface area contributed by atoms with E-state index in [-0.39, 0.29) is 0 Å². The number of benzene rings is 2. The third-order valence-electron chi connectivity index (χ3n) is 3.75. The van der Waals surface area contributed by atoms with Gasteiger partial charge in [-0.15, -0.1) is 0 Å². The van der Waals surface area contributed by atoms with E-state index < -0.39 is 0 Å². The monoisotopic (exact) mass is 263 g/mol. The number of hydrogen-bond acceptors (Lipinski definition) is 3. The van der Waals surface area contributed by atoms with Crippen LogP contribution in [0, 0.1) is 11.3 Å². The minimum absolute atomic E-state index is 0.719. The molecule has 2 aromatic carbocycles. The molecule has 2 aromatic rings. The van der Waals surface area contributed by atoms with E-state index in [0.717, 1.165) is 37.2 Å². The van der Waals surface area contributed by atoms with Crippen molar-refractivity contribution < 1.29 is 0 Å². The molecule has 20 heavy (non-hydrogen) atoms. The van der Waals surface area contributed by atoms with Gasteiger partial charge in [0.25, 0.3) is 0 Å². The van der Waals surface area contributed by atoms with Crippen LogP contribution < -0.4 is 10.6 Å². The Balaban J connectivity index is 1.88. The molecule has 100 valence electrons. The van der Waals surface area contributed by atoms with E-state index in [9.17, 15) is 0 Å². The summed E-state index contributed by atoms with van der Waals surface area (Å²) < 4.78 is 0. The van der Waals surface area contributed by atoms with Crippen molar-refractivity contribution in [2.75, 3.05) is 17.2 Å². The fourth-order valence-electron chi connectivity index (χ4n) is 2.82. The molecule has 0 saturated carbocycles. The lowest BCUT2D eigenvalue weighted by molar-refractivity contribution is 0.691. The number of fused-ring (bicyclic) bond motifs is 1. The normalized spacial score (nSPS) is 13.7. The molecule has 0 radical (unpaired) electrons. The maximum atomic E-state index is 8.98. The number of nitrogens with two attached hydrogens (primary N) is 1. The van der Waals surface area contributed by atoms with Gasteiger partial charge in [0.1, 0.15) is 0 Å². The zero-order chi connectivity index (χ0) is 13.9. The van der Waals surface area contributed by atoms with E-state index in [2.05, 4.69) is 29.2 Å². The zero-order valence-electron chi connectivity index (χ0n) is 11.3. The van der Waals surface area contributed by atoms with Crippen molar-refractivity contribution in [3.63, 3.8) is 0 Å². The molecule has 1 heterocycles. The standard InChI is InChI=1S/C17H17N3/c18-11-13-3-1-4-14(9-13)12-20-8-2-5-15-10-16(19)6-7-17(15)20/h1,3-4,6-7,9-10H,2,5,8,12,19H2. The van der Waals surface area contributed by atoms with Crippen LogP contribution in [-0.4, -0.2) is 6.54 Å². The van der Waals surface area contributed by atoms with Crippen molar-refractivity contribution in [1.82, 2.24) is 0 Å². The minimum atomic E-state index is 0.719. The molecule has 0 spiro atoms. The lowest BCUT2D eigenvalue weighted by Gasteiger charge is -2.31. The van der Waals surface area contributed by atoms with E-state index in [4.69, 9.17) is 11.0 Å². The lowest BCUT2D eigenvalue weighted by atomic mass is 10.00. The summed E-state index contributed by atoms with van der Waals surface area (Å²) >= 11 is 0. The first-order chi connectivity index (χ1) is 9.76. The summed E-state index contributed by atoms with van der Waals surface area (Å²) in [4.78, 5) is 2.37. The maximum Gasteiger partial charge on any atom is 0.0991 e. The quantitative estimate of drug-likeness (QED) is 0.847. The van der Waals surface area contributed by atoms with E-state index in [1.807, 2.05) is 24.3 Å².